The fourth-order valence-electron chi connectivity index (χ4n) is 2.98. The minimum absolute atomic E-state index is 0. The number of halogens is 1. The Bertz CT molecular complexity index is 730. The normalized spacial score (nSPS) is 15.3. The lowest BCUT2D eigenvalue weighted by molar-refractivity contribution is 0.340. The Morgan fingerprint density at radius 3 is 2.82 bits per heavy atom. The van der Waals surface area contributed by atoms with Gasteiger partial charge in [0.1, 0.15) is 5.75 Å². The molecule has 0 saturated carbocycles. The van der Waals surface area contributed by atoms with Crippen LogP contribution < -0.4 is 10.5 Å². The summed E-state index contributed by atoms with van der Waals surface area (Å²) in [4.78, 5) is 6.59. The van der Waals surface area contributed by atoms with Gasteiger partial charge in [0.25, 0.3) is 0 Å². The van der Waals surface area contributed by atoms with E-state index < -0.39 is 0 Å². The number of benzene rings is 2. The zero-order valence-electron chi connectivity index (χ0n) is 12.2. The molecule has 5 heteroatoms. The summed E-state index contributed by atoms with van der Waals surface area (Å²) in [5.41, 5.74) is 10.8. The largest absolute Gasteiger partial charge is 0.493 e. The Hall–Kier alpha value is -2.20. The highest BCUT2D eigenvalue weighted by Crippen LogP contribution is 2.32. The molecule has 0 spiro atoms. The summed E-state index contributed by atoms with van der Waals surface area (Å²) in [5.74, 6) is 1.61. The van der Waals surface area contributed by atoms with Crippen LogP contribution in [0, 0.1) is 0 Å². The summed E-state index contributed by atoms with van der Waals surface area (Å²) in [6, 6.07) is 14.5. The van der Waals surface area contributed by atoms with E-state index in [2.05, 4.69) is 34.2 Å². The Kier molecular flexibility index (Phi) is 3.94. The smallest absolute Gasteiger partial charge is 0.197 e. The number of nitrogens with zero attached hydrogens (tertiary/aromatic N) is 2. The van der Waals surface area contributed by atoms with Crippen molar-refractivity contribution in [3.05, 3.63) is 59.2 Å². The number of fused-ring (bicyclic) bond motifs is 2. The molecule has 2 aliphatic heterocycles. The molecular formula is C17H18ClN3O. The van der Waals surface area contributed by atoms with Gasteiger partial charge in [0.05, 0.1) is 12.3 Å². The average Bonchev–Trinajstić information content (AvgIpc) is 2.97. The molecule has 2 N–H and O–H groups in total. The maximum absolute atomic E-state index is 6.12. The van der Waals surface area contributed by atoms with Crippen LogP contribution in [-0.4, -0.2) is 17.5 Å². The first kappa shape index (κ1) is 14.7. The predicted molar refractivity (Wildman–Crippen MR) is 89.9 cm³/mol. The highest BCUT2D eigenvalue weighted by molar-refractivity contribution is 5.85. The molecule has 4 nitrogen and oxygen atoms in total. The van der Waals surface area contributed by atoms with Gasteiger partial charge in [-0.2, -0.15) is 0 Å². The quantitative estimate of drug-likeness (QED) is 0.927. The van der Waals surface area contributed by atoms with E-state index >= 15 is 0 Å². The van der Waals surface area contributed by atoms with Crippen LogP contribution in [0.3, 0.4) is 0 Å². The van der Waals surface area contributed by atoms with E-state index in [0.717, 1.165) is 37.6 Å². The van der Waals surface area contributed by atoms with E-state index in [4.69, 9.17) is 10.5 Å². The topological polar surface area (TPSA) is 50.8 Å². The van der Waals surface area contributed by atoms with Crippen LogP contribution in [0.5, 0.6) is 5.75 Å². The van der Waals surface area contributed by atoms with Gasteiger partial charge in [0.15, 0.2) is 5.96 Å². The van der Waals surface area contributed by atoms with E-state index in [-0.39, 0.29) is 12.4 Å². The second-order valence-corrected chi connectivity index (χ2v) is 5.46. The number of hydrogen-bond acceptors (Lipinski definition) is 4. The molecule has 114 valence electrons. The highest BCUT2D eigenvalue weighted by atomic mass is 35.5. The third kappa shape index (κ3) is 2.50. The molecule has 2 aromatic rings. The van der Waals surface area contributed by atoms with Crippen LogP contribution in [-0.2, 0) is 19.5 Å². The van der Waals surface area contributed by atoms with E-state index in [1.807, 2.05) is 18.2 Å². The number of hydrogen-bond donors (Lipinski definition) is 1. The van der Waals surface area contributed by atoms with Gasteiger partial charge < -0.3 is 15.4 Å². The van der Waals surface area contributed by atoms with Crippen molar-refractivity contribution in [3.8, 4) is 5.75 Å². The monoisotopic (exact) mass is 315 g/mol. The molecular weight excluding hydrogens is 298 g/mol. The fourth-order valence-corrected chi connectivity index (χ4v) is 2.98. The number of para-hydroxylation sites is 2. The van der Waals surface area contributed by atoms with Gasteiger partial charge in [0.2, 0.25) is 0 Å². The van der Waals surface area contributed by atoms with Gasteiger partial charge in [0, 0.05) is 25.1 Å². The second kappa shape index (κ2) is 5.89. The number of nitrogens with two attached hydrogens (primary N) is 1. The molecule has 0 bridgehead atoms. The van der Waals surface area contributed by atoms with Gasteiger partial charge >= 0.3 is 0 Å². The number of guanidine groups is 1. The molecule has 0 aliphatic carbocycles. The molecule has 2 heterocycles. The van der Waals surface area contributed by atoms with Crippen molar-refractivity contribution in [2.45, 2.75) is 19.5 Å². The molecule has 22 heavy (non-hydrogen) atoms. The van der Waals surface area contributed by atoms with E-state index in [0.29, 0.717) is 5.96 Å². The van der Waals surface area contributed by atoms with E-state index in [1.54, 1.807) is 0 Å². The van der Waals surface area contributed by atoms with E-state index in [1.165, 1.54) is 16.7 Å². The van der Waals surface area contributed by atoms with Gasteiger partial charge in [-0.1, -0.05) is 36.4 Å². The van der Waals surface area contributed by atoms with Crippen molar-refractivity contribution in [3.63, 3.8) is 0 Å². The molecule has 0 atom stereocenters. The van der Waals surface area contributed by atoms with Crippen molar-refractivity contribution in [1.29, 1.82) is 0 Å². The third-order valence-corrected chi connectivity index (χ3v) is 4.07. The molecule has 0 saturated heterocycles. The van der Waals surface area contributed by atoms with Crippen LogP contribution in [0.1, 0.15) is 16.7 Å². The fraction of sp³-hybridized carbons (Fsp3) is 0.235. The molecule has 0 amide bonds. The van der Waals surface area contributed by atoms with Crippen LogP contribution in [0.4, 0.5) is 5.69 Å². The zero-order chi connectivity index (χ0) is 14.2. The molecule has 0 unspecified atom stereocenters. The lowest BCUT2D eigenvalue weighted by Crippen LogP contribution is -2.38. The van der Waals surface area contributed by atoms with Crippen LogP contribution in [0.2, 0.25) is 0 Å². The lowest BCUT2D eigenvalue weighted by Gasteiger charge is -2.28. The summed E-state index contributed by atoms with van der Waals surface area (Å²) in [6.45, 7) is 2.29. The maximum atomic E-state index is 6.12. The minimum atomic E-state index is 0. The summed E-state index contributed by atoms with van der Waals surface area (Å²) in [7, 11) is 0. The highest BCUT2D eigenvalue weighted by Gasteiger charge is 2.21. The summed E-state index contributed by atoms with van der Waals surface area (Å²) >= 11 is 0. The third-order valence-electron chi connectivity index (χ3n) is 4.07. The van der Waals surface area contributed by atoms with Gasteiger partial charge in [-0.05, 0) is 17.2 Å². The number of aliphatic imine (C=N–C) groups is 1. The SMILES string of the molecule is Cl.NC1=Nc2ccccc2CN1Cc1cccc2c1OCC2. The Balaban J connectivity index is 0.00000144. The van der Waals surface area contributed by atoms with E-state index in [9.17, 15) is 0 Å². The standard InChI is InChI=1S/C17H17N3O.ClH/c18-17-19-15-7-2-1-4-13(15)10-20(17)11-14-6-3-5-12-8-9-21-16(12)14;/h1-7H,8-11H2,(H2,18,19);1H. The van der Waals surface area contributed by atoms with Crippen molar-refractivity contribution in [2.75, 3.05) is 6.61 Å². The Morgan fingerprint density at radius 2 is 1.91 bits per heavy atom. The zero-order valence-corrected chi connectivity index (χ0v) is 13.0. The summed E-state index contributed by atoms with van der Waals surface area (Å²) in [6.07, 6.45) is 0.996. The van der Waals surface area contributed by atoms with Crippen molar-refractivity contribution in [1.82, 2.24) is 4.90 Å². The minimum Gasteiger partial charge on any atom is -0.493 e. The average molecular weight is 316 g/mol. The molecule has 0 fully saturated rings. The number of ether oxygens (including phenoxy) is 1. The Labute approximate surface area is 136 Å². The first-order chi connectivity index (χ1) is 10.3. The molecule has 0 radical (unpaired) electrons. The van der Waals surface area contributed by atoms with Crippen molar-refractivity contribution in [2.24, 2.45) is 10.7 Å². The maximum Gasteiger partial charge on any atom is 0.197 e. The summed E-state index contributed by atoms with van der Waals surface area (Å²) < 4.78 is 5.77. The molecule has 2 aromatic carbocycles. The van der Waals surface area contributed by atoms with Crippen molar-refractivity contribution >= 4 is 24.1 Å². The first-order valence-corrected chi connectivity index (χ1v) is 7.22. The van der Waals surface area contributed by atoms with Crippen molar-refractivity contribution < 1.29 is 4.74 Å². The lowest BCUT2D eigenvalue weighted by atomic mass is 10.1. The second-order valence-electron chi connectivity index (χ2n) is 5.46. The van der Waals surface area contributed by atoms with Crippen LogP contribution >= 0.6 is 12.4 Å². The van der Waals surface area contributed by atoms with Gasteiger partial charge in [-0.25, -0.2) is 4.99 Å². The van der Waals surface area contributed by atoms with Crippen LogP contribution in [0.15, 0.2) is 47.5 Å². The predicted octanol–water partition coefficient (Wildman–Crippen LogP) is 3.01. The Morgan fingerprint density at radius 1 is 1.09 bits per heavy atom. The summed E-state index contributed by atoms with van der Waals surface area (Å²) in [5, 5.41) is 0. The van der Waals surface area contributed by atoms with Gasteiger partial charge in [-0.3, -0.25) is 0 Å². The number of rotatable bonds is 2. The van der Waals surface area contributed by atoms with Crippen LogP contribution in [0.25, 0.3) is 0 Å². The van der Waals surface area contributed by atoms with Gasteiger partial charge in [-0.15, -0.1) is 12.4 Å². The molecule has 4 rings (SSSR count). The first-order valence-electron chi connectivity index (χ1n) is 7.22. The molecule has 2 aliphatic rings. The molecule has 0 aromatic heterocycles.